The fourth-order valence-electron chi connectivity index (χ4n) is 1.72. The van der Waals surface area contributed by atoms with E-state index in [0.717, 1.165) is 44.8 Å². The highest BCUT2D eigenvalue weighted by atomic mass is 16.5. The van der Waals surface area contributed by atoms with E-state index in [0.29, 0.717) is 6.42 Å². The van der Waals surface area contributed by atoms with Crippen molar-refractivity contribution in [2.75, 3.05) is 31.2 Å². The van der Waals surface area contributed by atoms with Gasteiger partial charge in [0.1, 0.15) is 0 Å². The number of hydrogen-bond acceptors (Lipinski definition) is 3. The zero-order valence-corrected chi connectivity index (χ0v) is 11.1. The third-order valence-corrected chi connectivity index (χ3v) is 2.76. The van der Waals surface area contributed by atoms with Gasteiger partial charge in [0.15, 0.2) is 0 Å². The van der Waals surface area contributed by atoms with Gasteiger partial charge in [-0.1, -0.05) is 31.5 Å². The van der Waals surface area contributed by atoms with Crippen molar-refractivity contribution in [1.29, 1.82) is 5.26 Å². The van der Waals surface area contributed by atoms with Crippen LogP contribution in [0.5, 0.6) is 0 Å². The number of unbranched alkanes of at least 4 members (excludes halogenated alkanes) is 1. The molecule has 3 nitrogen and oxygen atoms in total. The van der Waals surface area contributed by atoms with Crippen molar-refractivity contribution >= 4 is 5.69 Å². The summed E-state index contributed by atoms with van der Waals surface area (Å²) in [5, 5.41) is 8.70. The summed E-state index contributed by atoms with van der Waals surface area (Å²) in [5.74, 6) is 0. The molecule has 0 fully saturated rings. The molecule has 1 aromatic carbocycles. The van der Waals surface area contributed by atoms with E-state index >= 15 is 0 Å². The summed E-state index contributed by atoms with van der Waals surface area (Å²) in [6.45, 7) is 5.32. The van der Waals surface area contributed by atoms with Crippen molar-refractivity contribution in [3.05, 3.63) is 30.3 Å². The van der Waals surface area contributed by atoms with E-state index in [-0.39, 0.29) is 0 Å². The van der Waals surface area contributed by atoms with Gasteiger partial charge in [-0.3, -0.25) is 0 Å². The third-order valence-electron chi connectivity index (χ3n) is 2.76. The minimum absolute atomic E-state index is 0.545. The Morgan fingerprint density at radius 3 is 2.61 bits per heavy atom. The predicted octanol–water partition coefficient (Wildman–Crippen LogP) is 3.22. The second-order valence-electron chi connectivity index (χ2n) is 4.20. The van der Waals surface area contributed by atoms with E-state index in [9.17, 15) is 0 Å². The van der Waals surface area contributed by atoms with Gasteiger partial charge in [-0.2, -0.15) is 5.26 Å². The maximum absolute atomic E-state index is 8.70. The highest BCUT2D eigenvalue weighted by Crippen LogP contribution is 2.13. The van der Waals surface area contributed by atoms with Crippen LogP contribution in [-0.2, 0) is 4.74 Å². The van der Waals surface area contributed by atoms with Crippen LogP contribution < -0.4 is 4.90 Å². The predicted molar refractivity (Wildman–Crippen MR) is 74.6 cm³/mol. The molecular weight excluding hydrogens is 224 g/mol. The second-order valence-corrected chi connectivity index (χ2v) is 4.20. The van der Waals surface area contributed by atoms with Crippen molar-refractivity contribution in [2.45, 2.75) is 26.2 Å². The molecule has 3 heteroatoms. The molecule has 0 atom stereocenters. The summed E-state index contributed by atoms with van der Waals surface area (Å²) in [7, 11) is 0. The van der Waals surface area contributed by atoms with Crippen LogP contribution in [0.4, 0.5) is 5.69 Å². The van der Waals surface area contributed by atoms with Crippen LogP contribution in [0, 0.1) is 11.3 Å². The average Bonchev–Trinajstić information content (AvgIpc) is 2.43. The standard InChI is InChI=1S/C15H22N2O/c1-2-3-13-18-14-12-17(11-7-10-16)15-8-5-4-6-9-15/h4-6,8-9H,2-3,7,11-14H2,1H3. The van der Waals surface area contributed by atoms with Crippen LogP contribution in [0.3, 0.4) is 0 Å². The lowest BCUT2D eigenvalue weighted by Crippen LogP contribution is -2.28. The summed E-state index contributed by atoms with van der Waals surface area (Å²) >= 11 is 0. The zero-order valence-electron chi connectivity index (χ0n) is 11.1. The molecule has 0 saturated heterocycles. The number of anilines is 1. The van der Waals surface area contributed by atoms with E-state index in [1.165, 1.54) is 0 Å². The molecule has 0 radical (unpaired) electrons. The van der Waals surface area contributed by atoms with Crippen LogP contribution in [0.25, 0.3) is 0 Å². The van der Waals surface area contributed by atoms with Gasteiger partial charge in [0.2, 0.25) is 0 Å². The van der Waals surface area contributed by atoms with Crippen LogP contribution in [0.1, 0.15) is 26.2 Å². The average molecular weight is 246 g/mol. The minimum Gasteiger partial charge on any atom is -0.380 e. The number of hydrogen-bond donors (Lipinski definition) is 0. The van der Waals surface area contributed by atoms with Crippen LogP contribution in [0.15, 0.2) is 30.3 Å². The van der Waals surface area contributed by atoms with Crippen LogP contribution >= 0.6 is 0 Å². The fraction of sp³-hybridized carbons (Fsp3) is 0.533. The highest BCUT2D eigenvalue weighted by Gasteiger charge is 2.05. The highest BCUT2D eigenvalue weighted by molar-refractivity contribution is 5.45. The van der Waals surface area contributed by atoms with E-state index < -0.39 is 0 Å². The molecule has 0 amide bonds. The molecule has 18 heavy (non-hydrogen) atoms. The van der Waals surface area contributed by atoms with Crippen molar-refractivity contribution in [2.24, 2.45) is 0 Å². The number of rotatable bonds is 9. The van der Waals surface area contributed by atoms with E-state index in [1.807, 2.05) is 18.2 Å². The molecule has 0 spiro atoms. The topological polar surface area (TPSA) is 36.3 Å². The van der Waals surface area contributed by atoms with E-state index in [2.05, 4.69) is 30.0 Å². The molecule has 98 valence electrons. The summed E-state index contributed by atoms with van der Waals surface area (Å²) in [6, 6.07) is 12.4. The van der Waals surface area contributed by atoms with Gasteiger partial charge >= 0.3 is 0 Å². The number of para-hydroxylation sites is 1. The first-order valence-electron chi connectivity index (χ1n) is 6.63. The second kappa shape index (κ2) is 9.49. The van der Waals surface area contributed by atoms with Gasteiger partial charge in [0.05, 0.1) is 19.1 Å². The van der Waals surface area contributed by atoms with Gasteiger partial charge in [-0.25, -0.2) is 0 Å². The molecule has 0 saturated carbocycles. The Hall–Kier alpha value is -1.53. The maximum Gasteiger partial charge on any atom is 0.0641 e. The Bertz CT molecular complexity index is 345. The molecule has 0 bridgehead atoms. The first kappa shape index (κ1) is 14.5. The number of benzene rings is 1. The fourth-order valence-corrected chi connectivity index (χ4v) is 1.72. The molecule has 0 unspecified atom stereocenters. The molecule has 0 heterocycles. The van der Waals surface area contributed by atoms with Crippen molar-refractivity contribution < 1.29 is 4.74 Å². The smallest absolute Gasteiger partial charge is 0.0641 e. The summed E-state index contributed by atoms with van der Waals surface area (Å²) in [4.78, 5) is 2.20. The zero-order chi connectivity index (χ0) is 13.1. The summed E-state index contributed by atoms with van der Waals surface area (Å²) in [5.41, 5.74) is 1.16. The lowest BCUT2D eigenvalue weighted by atomic mass is 10.2. The molecule has 0 aliphatic carbocycles. The van der Waals surface area contributed by atoms with Gasteiger partial charge in [0, 0.05) is 25.4 Å². The van der Waals surface area contributed by atoms with Gasteiger partial charge < -0.3 is 9.64 Å². The summed E-state index contributed by atoms with van der Waals surface area (Å²) in [6.07, 6.45) is 2.82. The molecule has 0 N–H and O–H groups in total. The lowest BCUT2D eigenvalue weighted by Gasteiger charge is -2.23. The minimum atomic E-state index is 0.545. The lowest BCUT2D eigenvalue weighted by molar-refractivity contribution is 0.137. The molecule has 0 aliphatic rings. The Morgan fingerprint density at radius 2 is 1.94 bits per heavy atom. The maximum atomic E-state index is 8.70. The number of nitriles is 1. The Balaban J connectivity index is 2.39. The molecular formula is C15H22N2O. The van der Waals surface area contributed by atoms with Crippen molar-refractivity contribution in [1.82, 2.24) is 0 Å². The first-order chi connectivity index (χ1) is 8.88. The number of nitrogens with zero attached hydrogens (tertiary/aromatic N) is 2. The van der Waals surface area contributed by atoms with E-state index in [4.69, 9.17) is 10.00 Å². The molecule has 0 aromatic heterocycles. The Labute approximate surface area is 110 Å². The normalized spacial score (nSPS) is 10.0. The summed E-state index contributed by atoms with van der Waals surface area (Å²) < 4.78 is 5.58. The van der Waals surface area contributed by atoms with Gasteiger partial charge in [0.25, 0.3) is 0 Å². The molecule has 1 aromatic rings. The molecule has 0 aliphatic heterocycles. The van der Waals surface area contributed by atoms with Crippen LogP contribution in [-0.4, -0.2) is 26.3 Å². The quantitative estimate of drug-likeness (QED) is 0.628. The van der Waals surface area contributed by atoms with Crippen LogP contribution in [0.2, 0.25) is 0 Å². The van der Waals surface area contributed by atoms with Crippen molar-refractivity contribution in [3.63, 3.8) is 0 Å². The van der Waals surface area contributed by atoms with E-state index in [1.54, 1.807) is 0 Å². The Morgan fingerprint density at radius 1 is 1.17 bits per heavy atom. The van der Waals surface area contributed by atoms with Crippen molar-refractivity contribution in [3.8, 4) is 6.07 Å². The Kier molecular flexibility index (Phi) is 7.66. The largest absolute Gasteiger partial charge is 0.380 e. The SMILES string of the molecule is CCCCOCCN(CCC#N)c1ccccc1. The van der Waals surface area contributed by atoms with Gasteiger partial charge in [-0.05, 0) is 18.6 Å². The molecule has 1 rings (SSSR count). The third kappa shape index (κ3) is 5.70. The monoisotopic (exact) mass is 246 g/mol. The first-order valence-corrected chi connectivity index (χ1v) is 6.63. The number of ether oxygens (including phenoxy) is 1. The van der Waals surface area contributed by atoms with Gasteiger partial charge in [-0.15, -0.1) is 0 Å².